The van der Waals surface area contributed by atoms with Gasteiger partial charge in [-0.1, -0.05) is 36.4 Å². The number of rotatable bonds is 12. The number of anilines is 1. The van der Waals surface area contributed by atoms with Gasteiger partial charge in [0.05, 0.1) is 19.5 Å². The van der Waals surface area contributed by atoms with E-state index in [9.17, 15) is 14.4 Å². The molecule has 0 aliphatic carbocycles. The summed E-state index contributed by atoms with van der Waals surface area (Å²) in [6.45, 7) is 3.49. The number of aliphatic imine (C=N–C) groups is 2. The molecule has 0 radical (unpaired) electrons. The molecule has 0 atom stereocenters. The Labute approximate surface area is 245 Å². The average Bonchev–Trinajstić information content (AvgIpc) is 3.51. The molecule has 0 bridgehead atoms. The molecule has 6 N–H and O–H groups in total. The second-order valence-electron chi connectivity index (χ2n) is 10.1. The summed E-state index contributed by atoms with van der Waals surface area (Å²) in [5, 5.41) is 16.1. The van der Waals surface area contributed by atoms with Crippen LogP contribution in [-0.4, -0.2) is 61.7 Å². The van der Waals surface area contributed by atoms with E-state index in [1.165, 1.54) is 7.05 Å². The Hall–Kier alpha value is -5.12. The Balaban J connectivity index is 1.46. The third kappa shape index (κ3) is 8.20. The SMILES string of the molecule is CNC(=O)c1ccc(NC(=O)Cc2cccc(C3=NCCN3)c2)cc1CC(=O)Cc1cccc(C(C)=NCC(=N)N)c1. The largest absolute Gasteiger partial charge is 0.386 e. The standard InChI is InChI=1S/C32H35N7O3/c1-20(38-19-29(33)34)23-7-3-5-21(13-23)15-27(40)18-25-17-26(9-10-28(25)32(42)35-2)39-30(41)16-22-6-4-8-24(14-22)31-36-11-12-37-31/h3-10,13-14,17H,11-12,15-16,18-19H2,1-2H3,(H3,33,34)(H,35,42)(H,36,37)(H,39,41). The summed E-state index contributed by atoms with van der Waals surface area (Å²) < 4.78 is 0. The molecule has 1 aliphatic rings. The number of amidine groups is 2. The summed E-state index contributed by atoms with van der Waals surface area (Å²) in [6.07, 6.45) is 0.345. The lowest BCUT2D eigenvalue weighted by Gasteiger charge is -2.12. The van der Waals surface area contributed by atoms with Crippen molar-refractivity contribution in [2.75, 3.05) is 32.0 Å². The van der Waals surface area contributed by atoms with Gasteiger partial charge in [0, 0.05) is 49.0 Å². The third-order valence-electron chi connectivity index (χ3n) is 6.72. The fourth-order valence-electron chi connectivity index (χ4n) is 4.69. The maximum Gasteiger partial charge on any atom is 0.251 e. The van der Waals surface area contributed by atoms with Crippen molar-refractivity contribution in [3.05, 3.63) is 100 Å². The van der Waals surface area contributed by atoms with Crippen LogP contribution in [0.15, 0.2) is 76.7 Å². The molecule has 3 aromatic rings. The molecule has 0 unspecified atom stereocenters. The molecule has 0 fully saturated rings. The summed E-state index contributed by atoms with van der Waals surface area (Å²) >= 11 is 0. The Kier molecular flexibility index (Phi) is 9.94. The van der Waals surface area contributed by atoms with Crippen molar-refractivity contribution in [1.29, 1.82) is 5.41 Å². The first-order valence-corrected chi connectivity index (χ1v) is 13.7. The monoisotopic (exact) mass is 565 g/mol. The van der Waals surface area contributed by atoms with E-state index in [4.69, 9.17) is 11.1 Å². The number of Topliss-reactive ketones (excluding diaryl/α,β-unsaturated/α-hetero) is 1. The smallest absolute Gasteiger partial charge is 0.251 e. The molecule has 42 heavy (non-hydrogen) atoms. The molecule has 1 aliphatic heterocycles. The van der Waals surface area contributed by atoms with Gasteiger partial charge in [0.15, 0.2) is 0 Å². The van der Waals surface area contributed by atoms with Gasteiger partial charge in [0.2, 0.25) is 5.91 Å². The molecule has 10 nitrogen and oxygen atoms in total. The molecule has 3 aromatic carbocycles. The van der Waals surface area contributed by atoms with Crippen LogP contribution >= 0.6 is 0 Å². The molecule has 1 heterocycles. The zero-order valence-electron chi connectivity index (χ0n) is 23.8. The van der Waals surface area contributed by atoms with Crippen LogP contribution in [0.3, 0.4) is 0 Å². The van der Waals surface area contributed by atoms with Crippen LogP contribution in [0, 0.1) is 5.41 Å². The van der Waals surface area contributed by atoms with Gasteiger partial charge >= 0.3 is 0 Å². The highest BCUT2D eigenvalue weighted by Crippen LogP contribution is 2.19. The quantitative estimate of drug-likeness (QED) is 0.168. The Morgan fingerprint density at radius 3 is 2.48 bits per heavy atom. The fourth-order valence-corrected chi connectivity index (χ4v) is 4.69. The number of ketones is 1. The van der Waals surface area contributed by atoms with Gasteiger partial charge in [-0.2, -0.15) is 0 Å². The zero-order valence-corrected chi connectivity index (χ0v) is 23.8. The van der Waals surface area contributed by atoms with Gasteiger partial charge in [-0.3, -0.25) is 29.8 Å². The first kappa shape index (κ1) is 29.9. The lowest BCUT2D eigenvalue weighted by molar-refractivity contribution is -0.118. The van der Waals surface area contributed by atoms with Crippen LogP contribution < -0.4 is 21.7 Å². The fraction of sp³-hybridized carbons (Fsp3) is 0.250. The van der Waals surface area contributed by atoms with Gasteiger partial charge in [0.25, 0.3) is 5.91 Å². The van der Waals surface area contributed by atoms with E-state index in [0.717, 1.165) is 46.9 Å². The maximum atomic E-state index is 13.1. The molecule has 2 amide bonds. The molecule has 4 rings (SSSR count). The van der Waals surface area contributed by atoms with Gasteiger partial charge in [-0.05, 0) is 59.5 Å². The first-order valence-electron chi connectivity index (χ1n) is 13.7. The number of carbonyl (C=O) groups is 3. The first-order chi connectivity index (χ1) is 20.2. The predicted molar refractivity (Wildman–Crippen MR) is 166 cm³/mol. The van der Waals surface area contributed by atoms with E-state index >= 15 is 0 Å². The number of hydrogen-bond donors (Lipinski definition) is 5. The lowest BCUT2D eigenvalue weighted by Crippen LogP contribution is -2.22. The van der Waals surface area contributed by atoms with Gasteiger partial charge in [-0.15, -0.1) is 0 Å². The van der Waals surface area contributed by atoms with Crippen LogP contribution in [0.5, 0.6) is 0 Å². The highest BCUT2D eigenvalue weighted by Gasteiger charge is 2.16. The number of amides is 2. The minimum absolute atomic E-state index is 0.0191. The van der Waals surface area contributed by atoms with Crippen LogP contribution in [-0.2, 0) is 28.9 Å². The van der Waals surface area contributed by atoms with Crippen molar-refractivity contribution >= 4 is 40.7 Å². The van der Waals surface area contributed by atoms with Crippen LogP contribution in [0.1, 0.15) is 45.1 Å². The van der Waals surface area contributed by atoms with Crippen molar-refractivity contribution in [2.24, 2.45) is 15.7 Å². The van der Waals surface area contributed by atoms with Gasteiger partial charge < -0.3 is 21.7 Å². The maximum absolute atomic E-state index is 13.1. The molecule has 0 saturated heterocycles. The highest BCUT2D eigenvalue weighted by molar-refractivity contribution is 6.02. The van der Waals surface area contributed by atoms with Crippen molar-refractivity contribution < 1.29 is 14.4 Å². The third-order valence-corrected chi connectivity index (χ3v) is 6.72. The van der Waals surface area contributed by atoms with Crippen molar-refractivity contribution in [2.45, 2.75) is 26.2 Å². The van der Waals surface area contributed by atoms with Crippen molar-refractivity contribution in [1.82, 2.24) is 10.6 Å². The number of nitrogens with zero attached hydrogens (tertiary/aromatic N) is 2. The molecule has 216 valence electrons. The summed E-state index contributed by atoms with van der Waals surface area (Å²) in [6, 6.07) is 20.2. The molecule has 0 spiro atoms. The minimum atomic E-state index is -0.310. The van der Waals surface area contributed by atoms with E-state index < -0.39 is 0 Å². The van der Waals surface area contributed by atoms with Crippen LogP contribution in [0.25, 0.3) is 0 Å². The van der Waals surface area contributed by atoms with Crippen LogP contribution in [0.4, 0.5) is 5.69 Å². The molecule has 0 saturated carbocycles. The second kappa shape index (κ2) is 14.0. The number of nitrogens with one attached hydrogen (secondary N) is 4. The molecular formula is C32H35N7O3. The minimum Gasteiger partial charge on any atom is -0.386 e. The van der Waals surface area contributed by atoms with Crippen molar-refractivity contribution in [3.63, 3.8) is 0 Å². The number of carbonyl (C=O) groups excluding carboxylic acids is 3. The number of benzene rings is 3. The van der Waals surface area contributed by atoms with Gasteiger partial charge in [0.1, 0.15) is 17.5 Å². The topological polar surface area (TPSA) is 162 Å². The molecule has 0 aromatic heterocycles. The normalized spacial score (nSPS) is 12.7. The van der Waals surface area contributed by atoms with Gasteiger partial charge in [-0.25, -0.2) is 0 Å². The lowest BCUT2D eigenvalue weighted by atomic mass is 9.96. The highest BCUT2D eigenvalue weighted by atomic mass is 16.2. The molecule has 10 heteroatoms. The second-order valence-corrected chi connectivity index (χ2v) is 10.1. The van der Waals surface area contributed by atoms with E-state index in [-0.39, 0.29) is 49.2 Å². The molecular weight excluding hydrogens is 530 g/mol. The van der Waals surface area contributed by atoms with E-state index in [1.54, 1.807) is 18.2 Å². The average molecular weight is 566 g/mol. The van der Waals surface area contributed by atoms with Crippen LogP contribution in [0.2, 0.25) is 0 Å². The van der Waals surface area contributed by atoms with E-state index in [0.29, 0.717) is 16.8 Å². The number of nitrogens with two attached hydrogens (primary N) is 1. The summed E-state index contributed by atoms with van der Waals surface area (Å²) in [7, 11) is 1.53. The number of hydrogen-bond acceptors (Lipinski definition) is 7. The van der Waals surface area contributed by atoms with E-state index in [2.05, 4.69) is 25.9 Å². The summed E-state index contributed by atoms with van der Waals surface area (Å²) in [5.41, 5.74) is 11.0. The Bertz CT molecular complexity index is 1580. The predicted octanol–water partition coefficient (Wildman–Crippen LogP) is 2.68. The zero-order chi connectivity index (χ0) is 30.1. The Morgan fingerprint density at radius 1 is 1.00 bits per heavy atom. The summed E-state index contributed by atoms with van der Waals surface area (Å²) in [4.78, 5) is 47.3. The van der Waals surface area contributed by atoms with E-state index in [1.807, 2.05) is 55.5 Å². The summed E-state index contributed by atoms with van der Waals surface area (Å²) in [5.74, 6) is 0.207. The Morgan fingerprint density at radius 2 is 1.76 bits per heavy atom. The van der Waals surface area contributed by atoms with Crippen molar-refractivity contribution in [3.8, 4) is 0 Å².